The average molecular weight is 251 g/mol. The molecule has 0 spiro atoms. The van der Waals surface area contributed by atoms with Crippen LogP contribution < -0.4 is 14.8 Å². The van der Waals surface area contributed by atoms with Crippen LogP contribution >= 0.6 is 0 Å². The van der Waals surface area contributed by atoms with Crippen molar-refractivity contribution in [2.45, 2.75) is 13.3 Å². The van der Waals surface area contributed by atoms with Crippen LogP contribution in [0.15, 0.2) is 18.2 Å². The summed E-state index contributed by atoms with van der Waals surface area (Å²) in [5.41, 5.74) is 0.906. The van der Waals surface area contributed by atoms with E-state index in [2.05, 4.69) is 5.32 Å². The minimum atomic E-state index is -0.192. The number of fused-ring (bicyclic) bond motifs is 1. The van der Waals surface area contributed by atoms with Gasteiger partial charge in [0.05, 0.1) is 13.0 Å². The monoisotopic (exact) mass is 251 g/mol. The number of hydrogen-bond acceptors (Lipinski definition) is 5. The molecular formula is C13H17NO4. The van der Waals surface area contributed by atoms with Crippen LogP contribution in [0.1, 0.15) is 13.3 Å². The topological polar surface area (TPSA) is 56.8 Å². The third kappa shape index (κ3) is 3.29. The summed E-state index contributed by atoms with van der Waals surface area (Å²) in [5, 5.41) is 3.15. The quantitative estimate of drug-likeness (QED) is 0.809. The van der Waals surface area contributed by atoms with Crippen LogP contribution in [0.4, 0.5) is 5.69 Å². The van der Waals surface area contributed by atoms with E-state index in [9.17, 15) is 4.79 Å². The molecular weight excluding hydrogens is 234 g/mol. The van der Waals surface area contributed by atoms with E-state index < -0.39 is 0 Å². The van der Waals surface area contributed by atoms with Crippen LogP contribution in [0, 0.1) is 0 Å². The Morgan fingerprint density at radius 1 is 1.33 bits per heavy atom. The highest BCUT2D eigenvalue weighted by molar-refractivity contribution is 5.70. The second-order valence-corrected chi connectivity index (χ2v) is 3.84. The van der Waals surface area contributed by atoms with Gasteiger partial charge in [-0.2, -0.15) is 0 Å². The van der Waals surface area contributed by atoms with Gasteiger partial charge in [0.2, 0.25) is 0 Å². The lowest BCUT2D eigenvalue weighted by molar-refractivity contribution is -0.142. The van der Waals surface area contributed by atoms with E-state index in [0.29, 0.717) is 32.8 Å². The summed E-state index contributed by atoms with van der Waals surface area (Å²) in [6.45, 7) is 3.91. The molecule has 1 aromatic rings. The van der Waals surface area contributed by atoms with Crippen molar-refractivity contribution in [1.82, 2.24) is 0 Å². The van der Waals surface area contributed by atoms with Crippen molar-refractivity contribution in [3.8, 4) is 11.5 Å². The number of carbonyl (C=O) groups excluding carboxylic acids is 1. The molecule has 0 bridgehead atoms. The molecule has 2 rings (SSSR count). The Morgan fingerprint density at radius 3 is 2.89 bits per heavy atom. The first-order chi connectivity index (χ1) is 8.79. The molecule has 1 heterocycles. The van der Waals surface area contributed by atoms with Gasteiger partial charge in [-0.25, -0.2) is 0 Å². The van der Waals surface area contributed by atoms with Gasteiger partial charge in [0, 0.05) is 18.3 Å². The zero-order valence-electron chi connectivity index (χ0n) is 10.4. The van der Waals surface area contributed by atoms with Crippen LogP contribution in [0.2, 0.25) is 0 Å². The zero-order chi connectivity index (χ0) is 12.8. The van der Waals surface area contributed by atoms with Crippen LogP contribution in [0.25, 0.3) is 0 Å². The minimum Gasteiger partial charge on any atom is -0.486 e. The molecule has 1 aliphatic rings. The lowest BCUT2D eigenvalue weighted by atomic mass is 10.2. The summed E-state index contributed by atoms with van der Waals surface area (Å²) in [6.07, 6.45) is 0.349. The Balaban J connectivity index is 1.84. The molecule has 1 aromatic carbocycles. The molecule has 0 amide bonds. The molecule has 0 aromatic heterocycles. The number of rotatable bonds is 5. The fourth-order valence-corrected chi connectivity index (χ4v) is 1.70. The van der Waals surface area contributed by atoms with Gasteiger partial charge in [-0.05, 0) is 19.1 Å². The first-order valence-corrected chi connectivity index (χ1v) is 6.08. The fraction of sp³-hybridized carbons (Fsp3) is 0.462. The van der Waals surface area contributed by atoms with E-state index in [1.165, 1.54) is 0 Å². The summed E-state index contributed by atoms with van der Waals surface area (Å²) < 4.78 is 15.7. The number of nitrogens with one attached hydrogen (secondary N) is 1. The second-order valence-electron chi connectivity index (χ2n) is 3.84. The number of hydrogen-bond donors (Lipinski definition) is 1. The van der Waals surface area contributed by atoms with Crippen molar-refractivity contribution >= 4 is 11.7 Å². The first-order valence-electron chi connectivity index (χ1n) is 6.08. The molecule has 1 N–H and O–H groups in total. The third-order valence-electron chi connectivity index (χ3n) is 2.51. The maximum atomic E-state index is 11.2. The molecule has 0 unspecified atom stereocenters. The molecule has 0 radical (unpaired) electrons. The summed E-state index contributed by atoms with van der Waals surface area (Å²) >= 11 is 0. The third-order valence-corrected chi connectivity index (χ3v) is 2.51. The van der Waals surface area contributed by atoms with Gasteiger partial charge in [0.25, 0.3) is 0 Å². The van der Waals surface area contributed by atoms with Crippen molar-refractivity contribution in [1.29, 1.82) is 0 Å². The van der Waals surface area contributed by atoms with Gasteiger partial charge < -0.3 is 19.5 Å². The summed E-state index contributed by atoms with van der Waals surface area (Å²) in [6, 6.07) is 5.64. The standard InChI is InChI=1S/C13H17NO4/c1-2-16-13(15)5-6-14-10-3-4-11-12(9-10)18-8-7-17-11/h3-4,9,14H,2,5-8H2,1H3. The van der Waals surface area contributed by atoms with E-state index >= 15 is 0 Å². The zero-order valence-corrected chi connectivity index (χ0v) is 10.4. The lowest BCUT2D eigenvalue weighted by Crippen LogP contribution is -2.16. The maximum Gasteiger partial charge on any atom is 0.307 e. The molecule has 1 aliphatic heterocycles. The molecule has 0 atom stereocenters. The Morgan fingerprint density at radius 2 is 2.11 bits per heavy atom. The Labute approximate surface area is 106 Å². The van der Waals surface area contributed by atoms with Crippen molar-refractivity contribution in [3.63, 3.8) is 0 Å². The number of carbonyl (C=O) groups is 1. The molecule has 0 saturated carbocycles. The van der Waals surface area contributed by atoms with Crippen LogP contribution in [0.5, 0.6) is 11.5 Å². The molecule has 5 heteroatoms. The average Bonchev–Trinajstić information content (AvgIpc) is 2.39. The van der Waals surface area contributed by atoms with Crippen molar-refractivity contribution in [2.75, 3.05) is 31.7 Å². The van der Waals surface area contributed by atoms with Gasteiger partial charge >= 0.3 is 5.97 Å². The lowest BCUT2D eigenvalue weighted by Gasteiger charge is -2.19. The molecule has 0 aliphatic carbocycles. The van der Waals surface area contributed by atoms with E-state index in [4.69, 9.17) is 14.2 Å². The van der Waals surface area contributed by atoms with E-state index in [1.807, 2.05) is 18.2 Å². The van der Waals surface area contributed by atoms with Crippen molar-refractivity contribution in [2.24, 2.45) is 0 Å². The fourth-order valence-electron chi connectivity index (χ4n) is 1.70. The smallest absolute Gasteiger partial charge is 0.307 e. The van der Waals surface area contributed by atoms with Crippen LogP contribution in [0.3, 0.4) is 0 Å². The number of esters is 1. The highest BCUT2D eigenvalue weighted by Crippen LogP contribution is 2.32. The normalized spacial score (nSPS) is 12.9. The molecule has 5 nitrogen and oxygen atoms in total. The highest BCUT2D eigenvalue weighted by atomic mass is 16.6. The predicted octanol–water partition coefficient (Wildman–Crippen LogP) is 1.82. The first kappa shape index (κ1) is 12.5. The summed E-state index contributed by atoms with van der Waals surface area (Å²) in [7, 11) is 0. The van der Waals surface area contributed by atoms with E-state index in [-0.39, 0.29) is 5.97 Å². The highest BCUT2D eigenvalue weighted by Gasteiger charge is 2.11. The van der Waals surface area contributed by atoms with E-state index in [0.717, 1.165) is 17.2 Å². The summed E-state index contributed by atoms with van der Waals surface area (Å²) in [4.78, 5) is 11.2. The second kappa shape index (κ2) is 6.14. The van der Waals surface area contributed by atoms with Crippen LogP contribution in [-0.4, -0.2) is 32.3 Å². The van der Waals surface area contributed by atoms with Gasteiger partial charge in [0.15, 0.2) is 11.5 Å². The number of anilines is 1. The van der Waals surface area contributed by atoms with Gasteiger partial charge in [-0.15, -0.1) is 0 Å². The van der Waals surface area contributed by atoms with Crippen LogP contribution in [-0.2, 0) is 9.53 Å². The summed E-state index contributed by atoms with van der Waals surface area (Å²) in [5.74, 6) is 1.31. The number of ether oxygens (including phenoxy) is 3. The molecule has 18 heavy (non-hydrogen) atoms. The SMILES string of the molecule is CCOC(=O)CCNc1ccc2c(c1)OCCO2. The van der Waals surface area contributed by atoms with Gasteiger partial charge in [-0.1, -0.05) is 0 Å². The largest absolute Gasteiger partial charge is 0.486 e. The molecule has 0 fully saturated rings. The van der Waals surface area contributed by atoms with Gasteiger partial charge in [0.1, 0.15) is 13.2 Å². The Kier molecular flexibility index (Phi) is 4.28. The maximum absolute atomic E-state index is 11.2. The number of benzene rings is 1. The Hall–Kier alpha value is -1.91. The molecule has 0 saturated heterocycles. The van der Waals surface area contributed by atoms with E-state index in [1.54, 1.807) is 6.92 Å². The van der Waals surface area contributed by atoms with Gasteiger partial charge in [-0.3, -0.25) is 4.79 Å². The Bertz CT molecular complexity index is 419. The molecule has 98 valence electrons. The van der Waals surface area contributed by atoms with Crippen molar-refractivity contribution < 1.29 is 19.0 Å². The minimum absolute atomic E-state index is 0.192. The predicted molar refractivity (Wildman–Crippen MR) is 67.2 cm³/mol. The van der Waals surface area contributed by atoms with Crippen molar-refractivity contribution in [3.05, 3.63) is 18.2 Å².